The fourth-order valence-corrected chi connectivity index (χ4v) is 1.74. The highest BCUT2D eigenvalue weighted by Crippen LogP contribution is 2.16. The third kappa shape index (κ3) is 1.86. The second-order valence-electron chi connectivity index (χ2n) is 3.26. The van der Waals surface area contributed by atoms with Crippen molar-refractivity contribution in [3.05, 3.63) is 23.9 Å². The molecule has 2 heterocycles. The molecule has 3 heteroatoms. The van der Waals surface area contributed by atoms with Crippen LogP contribution in [-0.2, 0) is 0 Å². The van der Waals surface area contributed by atoms with Crippen LogP contribution in [0.1, 0.15) is 18.4 Å². The topological polar surface area (TPSA) is 16.1 Å². The van der Waals surface area contributed by atoms with Crippen LogP contribution in [0, 0.1) is 0 Å². The quantitative estimate of drug-likeness (QED) is 0.667. The van der Waals surface area contributed by atoms with E-state index in [1.807, 2.05) is 18.3 Å². The molecule has 0 N–H and O–H groups in total. The van der Waals surface area contributed by atoms with Gasteiger partial charge in [-0.25, -0.2) is 4.98 Å². The summed E-state index contributed by atoms with van der Waals surface area (Å²) in [6.45, 7) is 2.29. The molecule has 13 heavy (non-hydrogen) atoms. The molecule has 0 aliphatic carbocycles. The van der Waals surface area contributed by atoms with Gasteiger partial charge in [-0.1, -0.05) is 12.2 Å². The minimum atomic E-state index is 1.01. The van der Waals surface area contributed by atoms with Crippen molar-refractivity contribution >= 4 is 23.4 Å². The lowest BCUT2D eigenvalue weighted by Crippen LogP contribution is -2.18. The van der Waals surface area contributed by atoms with Gasteiger partial charge in [0.15, 0.2) is 0 Å². The molecule has 1 fully saturated rings. The zero-order valence-electron chi connectivity index (χ0n) is 7.44. The lowest BCUT2D eigenvalue weighted by atomic mass is 10.3. The van der Waals surface area contributed by atoms with E-state index in [2.05, 4.69) is 9.88 Å². The Kier molecular flexibility index (Phi) is 2.54. The summed E-state index contributed by atoms with van der Waals surface area (Å²) in [6, 6.07) is 4.07. The van der Waals surface area contributed by atoms with E-state index in [9.17, 15) is 0 Å². The average Bonchev–Trinajstić information content (AvgIpc) is 2.71. The number of hydrogen-bond acceptors (Lipinski definition) is 3. The molecule has 1 aromatic heterocycles. The molecule has 2 nitrogen and oxygen atoms in total. The first kappa shape index (κ1) is 8.63. The molecule has 68 valence electrons. The van der Waals surface area contributed by atoms with Gasteiger partial charge in [0.05, 0.1) is 0 Å². The molecule has 0 radical (unpaired) electrons. The predicted octanol–water partition coefficient (Wildman–Crippen LogP) is 2.03. The molecule has 0 unspecified atom stereocenters. The molecule has 0 amide bonds. The van der Waals surface area contributed by atoms with Gasteiger partial charge >= 0.3 is 0 Å². The second kappa shape index (κ2) is 3.83. The van der Waals surface area contributed by atoms with Gasteiger partial charge in [-0.05, 0) is 25.0 Å². The summed E-state index contributed by atoms with van der Waals surface area (Å²) in [7, 11) is 0. The van der Waals surface area contributed by atoms with Crippen molar-refractivity contribution in [1.82, 2.24) is 4.98 Å². The van der Waals surface area contributed by atoms with E-state index in [1.165, 1.54) is 12.8 Å². The monoisotopic (exact) mass is 192 g/mol. The third-order valence-electron chi connectivity index (χ3n) is 2.34. The molecule has 1 aliphatic rings. The summed E-state index contributed by atoms with van der Waals surface area (Å²) in [5.41, 5.74) is 1.01. The normalized spacial score (nSPS) is 16.2. The first-order chi connectivity index (χ1) is 6.40. The van der Waals surface area contributed by atoms with E-state index in [0.717, 1.165) is 24.5 Å². The van der Waals surface area contributed by atoms with Gasteiger partial charge in [0.25, 0.3) is 0 Å². The minimum Gasteiger partial charge on any atom is -0.357 e. The van der Waals surface area contributed by atoms with Gasteiger partial charge in [-0.3, -0.25) is 0 Å². The Hall–Kier alpha value is -0.960. The summed E-state index contributed by atoms with van der Waals surface area (Å²) in [5, 5.41) is 1.65. The SMILES string of the molecule is S=Cc1ccc(N2CCCC2)nc1. The molecule has 1 saturated heterocycles. The van der Waals surface area contributed by atoms with Crippen LogP contribution in [0.15, 0.2) is 18.3 Å². The maximum absolute atomic E-state index is 4.82. The molecule has 0 saturated carbocycles. The highest BCUT2D eigenvalue weighted by molar-refractivity contribution is 7.79. The Labute approximate surface area is 83.6 Å². The van der Waals surface area contributed by atoms with E-state index >= 15 is 0 Å². The van der Waals surface area contributed by atoms with Gasteiger partial charge in [0.1, 0.15) is 5.82 Å². The maximum atomic E-state index is 4.82. The zero-order valence-corrected chi connectivity index (χ0v) is 8.26. The summed E-state index contributed by atoms with van der Waals surface area (Å²) in [6.07, 6.45) is 4.41. The molecule has 0 bridgehead atoms. The van der Waals surface area contributed by atoms with Crippen molar-refractivity contribution in [3.63, 3.8) is 0 Å². The van der Waals surface area contributed by atoms with Crippen LogP contribution in [0.5, 0.6) is 0 Å². The second-order valence-corrected chi connectivity index (χ2v) is 3.50. The molecule has 0 atom stereocenters. The van der Waals surface area contributed by atoms with Crippen LogP contribution in [-0.4, -0.2) is 23.4 Å². The highest BCUT2D eigenvalue weighted by Gasteiger charge is 2.12. The summed E-state index contributed by atoms with van der Waals surface area (Å²) in [5.74, 6) is 1.08. The Morgan fingerprint density at radius 2 is 2.08 bits per heavy atom. The fraction of sp³-hybridized carbons (Fsp3) is 0.400. The van der Waals surface area contributed by atoms with E-state index in [0.29, 0.717) is 0 Å². The van der Waals surface area contributed by atoms with E-state index in [-0.39, 0.29) is 0 Å². The molecule has 2 rings (SSSR count). The molecule has 0 aromatic carbocycles. The van der Waals surface area contributed by atoms with Gasteiger partial charge < -0.3 is 4.90 Å². The largest absolute Gasteiger partial charge is 0.357 e. The summed E-state index contributed by atoms with van der Waals surface area (Å²) >= 11 is 4.82. The van der Waals surface area contributed by atoms with Crippen molar-refractivity contribution in [2.75, 3.05) is 18.0 Å². The van der Waals surface area contributed by atoms with Crippen LogP contribution in [0.25, 0.3) is 0 Å². The average molecular weight is 192 g/mol. The minimum absolute atomic E-state index is 1.01. The molecule has 0 spiro atoms. The number of hydrogen-bond donors (Lipinski definition) is 0. The number of rotatable bonds is 2. The Balaban J connectivity index is 2.16. The summed E-state index contributed by atoms with van der Waals surface area (Å²) in [4.78, 5) is 6.67. The van der Waals surface area contributed by atoms with Crippen molar-refractivity contribution in [3.8, 4) is 0 Å². The number of nitrogens with zero attached hydrogens (tertiary/aromatic N) is 2. The number of anilines is 1. The molecular weight excluding hydrogens is 180 g/mol. The lowest BCUT2D eigenvalue weighted by molar-refractivity contribution is 0.937. The van der Waals surface area contributed by atoms with Crippen LogP contribution >= 0.6 is 12.2 Å². The van der Waals surface area contributed by atoms with E-state index < -0.39 is 0 Å². The van der Waals surface area contributed by atoms with Gasteiger partial charge in [0.2, 0.25) is 0 Å². The summed E-state index contributed by atoms with van der Waals surface area (Å²) < 4.78 is 0. The van der Waals surface area contributed by atoms with Crippen LogP contribution in [0.3, 0.4) is 0 Å². The van der Waals surface area contributed by atoms with Crippen molar-refractivity contribution < 1.29 is 0 Å². The van der Waals surface area contributed by atoms with Crippen LogP contribution in [0.2, 0.25) is 0 Å². The fourth-order valence-electron chi connectivity index (χ4n) is 1.60. The van der Waals surface area contributed by atoms with Crippen molar-refractivity contribution in [2.24, 2.45) is 0 Å². The third-order valence-corrected chi connectivity index (χ3v) is 2.61. The lowest BCUT2D eigenvalue weighted by Gasteiger charge is -2.15. The van der Waals surface area contributed by atoms with Gasteiger partial charge in [-0.2, -0.15) is 0 Å². The molecular formula is C10H12N2S. The Morgan fingerprint density at radius 3 is 2.62 bits per heavy atom. The molecule has 1 aliphatic heterocycles. The maximum Gasteiger partial charge on any atom is 0.128 e. The first-order valence-corrected chi connectivity index (χ1v) is 5.03. The number of thiocarbonyl (C=S) groups is 1. The van der Waals surface area contributed by atoms with Crippen LogP contribution in [0.4, 0.5) is 5.82 Å². The van der Waals surface area contributed by atoms with Gasteiger partial charge in [-0.15, -0.1) is 0 Å². The van der Waals surface area contributed by atoms with Gasteiger partial charge in [0, 0.05) is 30.2 Å². The predicted molar refractivity (Wildman–Crippen MR) is 58.4 cm³/mol. The van der Waals surface area contributed by atoms with E-state index in [4.69, 9.17) is 12.2 Å². The molecule has 1 aromatic rings. The first-order valence-electron chi connectivity index (χ1n) is 4.56. The highest BCUT2D eigenvalue weighted by atomic mass is 32.1. The Bertz CT molecular complexity index is 288. The number of pyridine rings is 1. The van der Waals surface area contributed by atoms with Crippen LogP contribution < -0.4 is 4.90 Å². The van der Waals surface area contributed by atoms with E-state index in [1.54, 1.807) is 5.37 Å². The smallest absolute Gasteiger partial charge is 0.128 e. The number of aromatic nitrogens is 1. The standard InChI is InChI=1S/C10H12N2S/c13-8-9-3-4-10(11-7-9)12-5-1-2-6-12/h3-4,7-8H,1-2,5-6H2. The van der Waals surface area contributed by atoms with Crippen molar-refractivity contribution in [2.45, 2.75) is 12.8 Å². The zero-order chi connectivity index (χ0) is 9.10. The Morgan fingerprint density at radius 1 is 1.31 bits per heavy atom. The van der Waals surface area contributed by atoms with Crippen molar-refractivity contribution in [1.29, 1.82) is 0 Å².